The molecule has 8 nitrogen and oxygen atoms in total. The normalized spacial score (nSPS) is 14.1. The Balaban J connectivity index is 1.56. The summed E-state index contributed by atoms with van der Waals surface area (Å²) < 4.78 is 0. The fraction of sp³-hybridized carbons (Fsp3) is 0.286. The molecule has 29 heavy (non-hydrogen) atoms. The number of rotatable bonds is 3. The summed E-state index contributed by atoms with van der Waals surface area (Å²) in [6.45, 7) is 5.38. The molecule has 1 aliphatic rings. The zero-order valence-electron chi connectivity index (χ0n) is 16.4. The molecule has 0 atom stereocenters. The lowest BCUT2D eigenvalue weighted by molar-refractivity contribution is -0.130. The van der Waals surface area contributed by atoms with Crippen molar-refractivity contribution in [2.75, 3.05) is 31.5 Å². The quantitative estimate of drug-likeness (QED) is 0.738. The van der Waals surface area contributed by atoms with Crippen LogP contribution >= 0.6 is 0 Å². The lowest BCUT2D eigenvalue weighted by Crippen LogP contribution is -2.50. The van der Waals surface area contributed by atoms with Crippen molar-refractivity contribution in [3.8, 4) is 0 Å². The van der Waals surface area contributed by atoms with Crippen LogP contribution in [0.1, 0.15) is 23.2 Å². The average molecular weight is 390 g/mol. The van der Waals surface area contributed by atoms with E-state index in [2.05, 4.69) is 20.3 Å². The van der Waals surface area contributed by atoms with Gasteiger partial charge in [-0.1, -0.05) is 18.2 Å². The molecule has 2 amide bonds. The summed E-state index contributed by atoms with van der Waals surface area (Å²) in [5.74, 6) is 0.929. The van der Waals surface area contributed by atoms with E-state index in [9.17, 15) is 9.59 Å². The van der Waals surface area contributed by atoms with E-state index in [1.54, 1.807) is 35.9 Å². The minimum absolute atomic E-state index is 0.0326. The molecule has 148 valence electrons. The van der Waals surface area contributed by atoms with Gasteiger partial charge in [-0.25, -0.2) is 9.97 Å². The van der Waals surface area contributed by atoms with E-state index in [1.807, 2.05) is 30.3 Å². The molecule has 1 saturated heterocycles. The maximum absolute atomic E-state index is 12.9. The number of anilines is 2. The molecule has 0 unspecified atom stereocenters. The van der Waals surface area contributed by atoms with Crippen molar-refractivity contribution < 1.29 is 9.59 Å². The number of piperazine rings is 1. The van der Waals surface area contributed by atoms with Crippen LogP contribution in [0.5, 0.6) is 0 Å². The average Bonchev–Trinajstić information content (AvgIpc) is 2.73. The van der Waals surface area contributed by atoms with Crippen molar-refractivity contribution in [3.63, 3.8) is 0 Å². The molecule has 1 aliphatic heterocycles. The highest BCUT2D eigenvalue weighted by atomic mass is 16.2. The topological polar surface area (TPSA) is 91.3 Å². The smallest absolute Gasteiger partial charge is 0.272 e. The second kappa shape index (κ2) is 7.83. The number of aromatic nitrogens is 3. The van der Waals surface area contributed by atoms with Crippen LogP contribution in [0, 0.1) is 6.92 Å². The van der Waals surface area contributed by atoms with E-state index in [-0.39, 0.29) is 11.8 Å². The summed E-state index contributed by atoms with van der Waals surface area (Å²) in [4.78, 5) is 41.1. The molecule has 1 fully saturated rings. The Morgan fingerprint density at radius 3 is 2.48 bits per heavy atom. The summed E-state index contributed by atoms with van der Waals surface area (Å²) in [6.07, 6.45) is 1.74. The lowest BCUT2D eigenvalue weighted by Gasteiger charge is -2.34. The maximum Gasteiger partial charge on any atom is 0.272 e. The molecule has 0 bridgehead atoms. The van der Waals surface area contributed by atoms with Crippen LogP contribution in [0.2, 0.25) is 0 Å². The maximum atomic E-state index is 12.9. The van der Waals surface area contributed by atoms with E-state index in [0.717, 1.165) is 16.6 Å². The van der Waals surface area contributed by atoms with Crippen molar-refractivity contribution >= 4 is 34.2 Å². The van der Waals surface area contributed by atoms with Crippen LogP contribution in [0.25, 0.3) is 10.9 Å². The largest absolute Gasteiger partial charge is 0.339 e. The third-order valence-electron chi connectivity index (χ3n) is 4.96. The first kappa shape index (κ1) is 18.8. The molecular weight excluding hydrogens is 368 g/mol. The number of amides is 2. The van der Waals surface area contributed by atoms with Crippen LogP contribution in [0.3, 0.4) is 0 Å². The predicted molar refractivity (Wildman–Crippen MR) is 110 cm³/mol. The van der Waals surface area contributed by atoms with Crippen LogP contribution in [0.4, 0.5) is 11.5 Å². The zero-order valence-corrected chi connectivity index (χ0v) is 16.4. The first-order chi connectivity index (χ1) is 14.0. The molecule has 3 aromatic rings. The Hall–Kier alpha value is -3.55. The number of fused-ring (bicyclic) bond motifs is 1. The molecule has 3 heterocycles. The van der Waals surface area contributed by atoms with Gasteiger partial charge in [0.25, 0.3) is 5.91 Å². The van der Waals surface area contributed by atoms with Crippen molar-refractivity contribution in [1.29, 1.82) is 0 Å². The number of para-hydroxylation sites is 1. The van der Waals surface area contributed by atoms with Gasteiger partial charge in [-0.05, 0) is 19.1 Å². The van der Waals surface area contributed by atoms with Gasteiger partial charge >= 0.3 is 0 Å². The van der Waals surface area contributed by atoms with E-state index in [1.165, 1.54) is 0 Å². The molecule has 1 N–H and O–H groups in total. The molecule has 0 spiro atoms. The highest BCUT2D eigenvalue weighted by Gasteiger charge is 2.24. The highest BCUT2D eigenvalue weighted by Crippen LogP contribution is 2.24. The van der Waals surface area contributed by atoms with E-state index >= 15 is 0 Å². The van der Waals surface area contributed by atoms with Crippen molar-refractivity contribution in [2.24, 2.45) is 0 Å². The summed E-state index contributed by atoms with van der Waals surface area (Å²) in [5, 5.41) is 4.29. The van der Waals surface area contributed by atoms with Gasteiger partial charge < -0.3 is 15.1 Å². The van der Waals surface area contributed by atoms with Crippen LogP contribution < -0.4 is 5.32 Å². The number of aryl methyl sites for hydroxylation is 1. The van der Waals surface area contributed by atoms with E-state index in [0.29, 0.717) is 43.5 Å². The Bertz CT molecular complexity index is 1070. The van der Waals surface area contributed by atoms with Crippen LogP contribution in [0.15, 0.2) is 42.6 Å². The number of carbonyl (C=O) groups excluding carboxylic acids is 2. The van der Waals surface area contributed by atoms with Crippen LogP contribution in [-0.2, 0) is 4.79 Å². The lowest BCUT2D eigenvalue weighted by atomic mass is 10.2. The SMILES string of the molecule is CC(=O)N1CCN(C(=O)c2cc(Nc3cccc4cccnc34)nc(C)n2)CC1. The number of nitrogens with one attached hydrogen (secondary N) is 1. The van der Waals surface area contributed by atoms with Crippen molar-refractivity contribution in [1.82, 2.24) is 24.8 Å². The molecule has 0 aliphatic carbocycles. The number of hydrogen-bond donors (Lipinski definition) is 1. The van der Waals surface area contributed by atoms with Gasteiger partial charge in [0.1, 0.15) is 17.3 Å². The first-order valence-electron chi connectivity index (χ1n) is 9.52. The molecule has 8 heteroatoms. The predicted octanol–water partition coefficient (Wildman–Crippen LogP) is 2.38. The standard InChI is InChI=1S/C21H22N6O2/c1-14-23-18(21(29)27-11-9-26(10-12-27)15(2)28)13-19(24-14)25-17-7-3-5-16-6-4-8-22-20(16)17/h3-8,13H,9-12H2,1-2H3,(H,23,24,25). The Morgan fingerprint density at radius 1 is 1.00 bits per heavy atom. The number of benzene rings is 1. The molecule has 1 aromatic carbocycles. The monoisotopic (exact) mass is 390 g/mol. The Morgan fingerprint density at radius 2 is 1.72 bits per heavy atom. The van der Waals surface area contributed by atoms with Gasteiger partial charge in [-0.15, -0.1) is 0 Å². The van der Waals surface area contributed by atoms with Gasteiger partial charge in [0, 0.05) is 50.8 Å². The second-order valence-electron chi connectivity index (χ2n) is 6.99. The van der Waals surface area contributed by atoms with E-state index < -0.39 is 0 Å². The number of pyridine rings is 1. The minimum atomic E-state index is -0.155. The number of carbonyl (C=O) groups is 2. The zero-order chi connectivity index (χ0) is 20.4. The third kappa shape index (κ3) is 4.01. The molecule has 4 rings (SSSR count). The van der Waals surface area contributed by atoms with Gasteiger partial charge in [0.15, 0.2) is 0 Å². The Labute approximate surface area is 168 Å². The first-order valence-corrected chi connectivity index (χ1v) is 9.52. The Kier molecular flexibility index (Phi) is 5.07. The summed E-state index contributed by atoms with van der Waals surface area (Å²) in [6, 6.07) is 11.4. The van der Waals surface area contributed by atoms with Crippen molar-refractivity contribution in [3.05, 3.63) is 54.1 Å². The fourth-order valence-electron chi connectivity index (χ4n) is 3.47. The molecular formula is C21H22N6O2. The van der Waals surface area contributed by atoms with Gasteiger partial charge in [0.05, 0.1) is 11.2 Å². The van der Waals surface area contributed by atoms with Crippen molar-refractivity contribution in [2.45, 2.75) is 13.8 Å². The summed E-state index contributed by atoms with van der Waals surface area (Å²) in [5.41, 5.74) is 1.98. The molecule has 0 radical (unpaired) electrons. The second-order valence-corrected chi connectivity index (χ2v) is 6.99. The van der Waals surface area contributed by atoms with Gasteiger partial charge in [-0.3, -0.25) is 14.6 Å². The highest BCUT2D eigenvalue weighted by molar-refractivity contribution is 5.94. The molecule has 2 aromatic heterocycles. The number of hydrogen-bond acceptors (Lipinski definition) is 6. The third-order valence-corrected chi connectivity index (χ3v) is 4.96. The summed E-state index contributed by atoms with van der Waals surface area (Å²) in [7, 11) is 0. The molecule has 0 saturated carbocycles. The van der Waals surface area contributed by atoms with Crippen LogP contribution in [-0.4, -0.2) is 62.7 Å². The van der Waals surface area contributed by atoms with E-state index in [4.69, 9.17) is 0 Å². The number of nitrogens with zero attached hydrogens (tertiary/aromatic N) is 5. The minimum Gasteiger partial charge on any atom is -0.339 e. The summed E-state index contributed by atoms with van der Waals surface area (Å²) >= 11 is 0. The van der Waals surface area contributed by atoms with Gasteiger partial charge in [-0.2, -0.15) is 0 Å². The van der Waals surface area contributed by atoms with Gasteiger partial charge in [0.2, 0.25) is 5.91 Å². The fourth-order valence-corrected chi connectivity index (χ4v) is 3.47.